The van der Waals surface area contributed by atoms with Gasteiger partial charge in [0.1, 0.15) is 0 Å². The summed E-state index contributed by atoms with van der Waals surface area (Å²) in [6, 6.07) is 6.62. The number of hydrogen-bond donors (Lipinski definition) is 1. The van der Waals surface area contributed by atoms with Crippen LogP contribution >= 0.6 is 0 Å². The molecule has 0 saturated carbocycles. The summed E-state index contributed by atoms with van der Waals surface area (Å²) in [5, 5.41) is 3.58. The van der Waals surface area contributed by atoms with Crippen LogP contribution in [0.3, 0.4) is 0 Å². The molecule has 0 amide bonds. The first-order chi connectivity index (χ1) is 10.2. The van der Waals surface area contributed by atoms with Crippen molar-refractivity contribution in [1.29, 1.82) is 0 Å². The number of rotatable bonds is 4. The van der Waals surface area contributed by atoms with E-state index in [1.54, 1.807) is 0 Å². The summed E-state index contributed by atoms with van der Waals surface area (Å²) in [7, 11) is 0. The number of para-hydroxylation sites is 1. The summed E-state index contributed by atoms with van der Waals surface area (Å²) in [6.07, 6.45) is 6.36. The highest BCUT2D eigenvalue weighted by Gasteiger charge is 2.17. The Labute approximate surface area is 127 Å². The number of hydrogen-bond acceptors (Lipinski definition) is 2. The van der Waals surface area contributed by atoms with Gasteiger partial charge in [-0.2, -0.15) is 0 Å². The lowest BCUT2D eigenvalue weighted by atomic mass is 9.96. The molecule has 1 aliphatic heterocycles. The minimum absolute atomic E-state index is 0.644. The highest BCUT2D eigenvalue weighted by molar-refractivity contribution is 5.78. The standard InChI is InChI=1S/C18H25N3/c1-13(2)14(3)11-21-12-19-10-17(21)16-8-4-6-15-7-5-9-20-18(15)16/h4,6,8,10,12-14,20H,5,7,9,11H2,1-3H3. The summed E-state index contributed by atoms with van der Waals surface area (Å²) >= 11 is 0. The fourth-order valence-corrected chi connectivity index (χ4v) is 2.93. The Bertz CT molecular complexity index is 613. The van der Waals surface area contributed by atoms with Crippen LogP contribution in [0.2, 0.25) is 0 Å². The zero-order valence-electron chi connectivity index (χ0n) is 13.3. The fourth-order valence-electron chi connectivity index (χ4n) is 2.93. The van der Waals surface area contributed by atoms with Gasteiger partial charge in [-0.05, 0) is 30.2 Å². The van der Waals surface area contributed by atoms with Crippen molar-refractivity contribution in [3.63, 3.8) is 0 Å². The average molecular weight is 283 g/mol. The minimum atomic E-state index is 0.644. The van der Waals surface area contributed by atoms with Crippen LogP contribution in [0.25, 0.3) is 11.3 Å². The molecule has 21 heavy (non-hydrogen) atoms. The Balaban J connectivity index is 1.97. The van der Waals surface area contributed by atoms with Crippen molar-refractivity contribution < 1.29 is 0 Å². The highest BCUT2D eigenvalue weighted by atomic mass is 15.1. The normalized spacial score (nSPS) is 15.6. The maximum Gasteiger partial charge on any atom is 0.0951 e. The van der Waals surface area contributed by atoms with Crippen molar-refractivity contribution >= 4 is 5.69 Å². The molecule has 0 bridgehead atoms. The summed E-state index contributed by atoms with van der Waals surface area (Å²) in [4.78, 5) is 4.40. The second-order valence-electron chi connectivity index (χ2n) is 6.52. The molecule has 0 spiro atoms. The molecule has 1 N–H and O–H groups in total. The third kappa shape index (κ3) is 2.82. The highest BCUT2D eigenvalue weighted by Crippen LogP contribution is 2.34. The van der Waals surface area contributed by atoms with E-state index in [0.717, 1.165) is 13.1 Å². The van der Waals surface area contributed by atoms with Crippen LogP contribution in [-0.4, -0.2) is 16.1 Å². The number of fused-ring (bicyclic) bond motifs is 1. The third-order valence-corrected chi connectivity index (χ3v) is 4.69. The monoisotopic (exact) mass is 283 g/mol. The first-order valence-corrected chi connectivity index (χ1v) is 8.03. The van der Waals surface area contributed by atoms with Gasteiger partial charge in [0.05, 0.1) is 18.2 Å². The second kappa shape index (κ2) is 5.92. The predicted octanol–water partition coefficient (Wildman–Crippen LogP) is 4.20. The van der Waals surface area contributed by atoms with Crippen LogP contribution in [0, 0.1) is 11.8 Å². The number of aryl methyl sites for hydroxylation is 1. The Morgan fingerprint density at radius 3 is 2.95 bits per heavy atom. The topological polar surface area (TPSA) is 29.9 Å². The van der Waals surface area contributed by atoms with Crippen molar-refractivity contribution in [3.8, 4) is 11.3 Å². The molecule has 1 aliphatic rings. The van der Waals surface area contributed by atoms with Gasteiger partial charge < -0.3 is 9.88 Å². The molecule has 0 fully saturated rings. The maximum atomic E-state index is 4.40. The molecule has 1 atom stereocenters. The van der Waals surface area contributed by atoms with E-state index in [0.29, 0.717) is 11.8 Å². The smallest absolute Gasteiger partial charge is 0.0951 e. The largest absolute Gasteiger partial charge is 0.384 e. The molecule has 2 heterocycles. The quantitative estimate of drug-likeness (QED) is 0.911. The van der Waals surface area contributed by atoms with Crippen molar-refractivity contribution in [2.45, 2.75) is 40.2 Å². The molecule has 3 heteroatoms. The molecule has 0 saturated heterocycles. The van der Waals surface area contributed by atoms with E-state index in [-0.39, 0.29) is 0 Å². The number of aromatic nitrogens is 2. The van der Waals surface area contributed by atoms with Crippen LogP contribution in [0.5, 0.6) is 0 Å². The molecule has 3 nitrogen and oxygen atoms in total. The van der Waals surface area contributed by atoms with E-state index < -0.39 is 0 Å². The van der Waals surface area contributed by atoms with Crippen molar-refractivity contribution in [3.05, 3.63) is 36.3 Å². The van der Waals surface area contributed by atoms with Gasteiger partial charge in [0, 0.05) is 24.3 Å². The Morgan fingerprint density at radius 1 is 1.29 bits per heavy atom. The van der Waals surface area contributed by atoms with Gasteiger partial charge in [-0.3, -0.25) is 0 Å². The van der Waals surface area contributed by atoms with Crippen LogP contribution < -0.4 is 5.32 Å². The molecular formula is C18H25N3. The third-order valence-electron chi connectivity index (χ3n) is 4.69. The SMILES string of the molecule is CC(C)C(C)Cn1cncc1-c1cccc2c1NCCC2. The Morgan fingerprint density at radius 2 is 2.14 bits per heavy atom. The average Bonchev–Trinajstić information content (AvgIpc) is 2.94. The fraction of sp³-hybridized carbons (Fsp3) is 0.500. The molecule has 2 aromatic rings. The molecule has 3 rings (SSSR count). The van der Waals surface area contributed by atoms with Crippen LogP contribution in [0.4, 0.5) is 5.69 Å². The zero-order chi connectivity index (χ0) is 14.8. The van der Waals surface area contributed by atoms with Crippen LogP contribution in [0.15, 0.2) is 30.7 Å². The molecular weight excluding hydrogens is 258 g/mol. The number of anilines is 1. The number of imidazole rings is 1. The first kappa shape index (κ1) is 14.2. The van der Waals surface area contributed by atoms with E-state index in [1.807, 2.05) is 12.5 Å². The van der Waals surface area contributed by atoms with E-state index in [9.17, 15) is 0 Å². The van der Waals surface area contributed by atoms with E-state index in [1.165, 1.54) is 35.3 Å². The second-order valence-corrected chi connectivity index (χ2v) is 6.52. The van der Waals surface area contributed by atoms with Crippen molar-refractivity contribution in [2.24, 2.45) is 11.8 Å². The van der Waals surface area contributed by atoms with Crippen LogP contribution in [0.1, 0.15) is 32.8 Å². The van der Waals surface area contributed by atoms with Gasteiger partial charge in [0.15, 0.2) is 0 Å². The van der Waals surface area contributed by atoms with Gasteiger partial charge in [-0.25, -0.2) is 4.98 Å². The Kier molecular flexibility index (Phi) is 4.00. The lowest BCUT2D eigenvalue weighted by Crippen LogP contribution is -2.15. The summed E-state index contributed by atoms with van der Waals surface area (Å²) in [5.41, 5.74) is 5.26. The molecule has 0 radical (unpaired) electrons. The van der Waals surface area contributed by atoms with Gasteiger partial charge >= 0.3 is 0 Å². The lowest BCUT2D eigenvalue weighted by Gasteiger charge is -2.23. The predicted molar refractivity (Wildman–Crippen MR) is 88.5 cm³/mol. The molecule has 112 valence electrons. The van der Waals surface area contributed by atoms with Gasteiger partial charge in [-0.1, -0.05) is 39.0 Å². The lowest BCUT2D eigenvalue weighted by molar-refractivity contribution is 0.366. The van der Waals surface area contributed by atoms with Gasteiger partial charge in [0.25, 0.3) is 0 Å². The molecule has 1 aromatic heterocycles. The number of nitrogens with zero attached hydrogens (tertiary/aromatic N) is 2. The molecule has 1 unspecified atom stereocenters. The van der Waals surface area contributed by atoms with Crippen molar-refractivity contribution in [2.75, 3.05) is 11.9 Å². The van der Waals surface area contributed by atoms with Gasteiger partial charge in [0.2, 0.25) is 0 Å². The molecule has 1 aromatic carbocycles. The number of nitrogens with one attached hydrogen (secondary N) is 1. The van der Waals surface area contributed by atoms with E-state index in [2.05, 4.69) is 53.8 Å². The van der Waals surface area contributed by atoms with Gasteiger partial charge in [-0.15, -0.1) is 0 Å². The van der Waals surface area contributed by atoms with E-state index >= 15 is 0 Å². The summed E-state index contributed by atoms with van der Waals surface area (Å²) in [6.45, 7) is 8.98. The summed E-state index contributed by atoms with van der Waals surface area (Å²) in [5.74, 6) is 1.33. The van der Waals surface area contributed by atoms with Crippen molar-refractivity contribution in [1.82, 2.24) is 9.55 Å². The Hall–Kier alpha value is -1.77. The summed E-state index contributed by atoms with van der Waals surface area (Å²) < 4.78 is 2.30. The van der Waals surface area contributed by atoms with E-state index in [4.69, 9.17) is 0 Å². The first-order valence-electron chi connectivity index (χ1n) is 8.03. The zero-order valence-corrected chi connectivity index (χ0v) is 13.3. The van der Waals surface area contributed by atoms with Crippen LogP contribution in [-0.2, 0) is 13.0 Å². The maximum absolute atomic E-state index is 4.40. The number of benzene rings is 1. The minimum Gasteiger partial charge on any atom is -0.384 e. The molecule has 0 aliphatic carbocycles.